The van der Waals surface area contributed by atoms with Gasteiger partial charge in [0.1, 0.15) is 16.8 Å². The number of benzene rings is 1. The zero-order valence-corrected chi connectivity index (χ0v) is 15.3. The molecule has 1 heterocycles. The van der Waals surface area contributed by atoms with Crippen LogP contribution in [0.4, 0.5) is 4.39 Å². The Labute approximate surface area is 147 Å². The van der Waals surface area contributed by atoms with Crippen molar-refractivity contribution in [2.24, 2.45) is 5.41 Å². The summed E-state index contributed by atoms with van der Waals surface area (Å²) in [6, 6.07) is 7.71. The van der Waals surface area contributed by atoms with Gasteiger partial charge in [0.25, 0.3) is 0 Å². The van der Waals surface area contributed by atoms with Crippen LogP contribution in [0, 0.1) is 11.2 Å². The molecule has 0 fully saturated rings. The maximum absolute atomic E-state index is 13.1. The van der Waals surface area contributed by atoms with Gasteiger partial charge < -0.3 is 9.73 Å². The highest BCUT2D eigenvalue weighted by Gasteiger charge is 2.32. The molecular formula is C18H22FNO4S. The second-order valence-corrected chi connectivity index (χ2v) is 9.17. The Hall–Kier alpha value is -2.15. The average molecular weight is 367 g/mol. The molecule has 0 radical (unpaired) electrons. The van der Waals surface area contributed by atoms with Crippen LogP contribution in [0.25, 0.3) is 0 Å². The predicted octanol–water partition coefficient (Wildman–Crippen LogP) is 3.49. The van der Waals surface area contributed by atoms with Gasteiger partial charge in [0, 0.05) is 13.0 Å². The van der Waals surface area contributed by atoms with Gasteiger partial charge in [-0.3, -0.25) is 4.79 Å². The van der Waals surface area contributed by atoms with Crippen LogP contribution < -0.4 is 5.32 Å². The number of amides is 1. The minimum Gasteiger partial charge on any atom is -0.468 e. The standard InChI is InChI=1S/C18H22FNO4S/c1-18(2,3)11-17(21)20-12-16(15-5-4-10-24-15)25(22,23)14-8-6-13(19)7-9-14/h4-10,16H,11-12H2,1-3H3,(H,20,21)/t16-/m1/s1. The number of carbonyl (C=O) groups excluding carboxylic acids is 1. The van der Waals surface area contributed by atoms with Crippen molar-refractivity contribution in [2.45, 2.75) is 37.3 Å². The Morgan fingerprint density at radius 3 is 2.36 bits per heavy atom. The van der Waals surface area contributed by atoms with Crippen molar-refractivity contribution in [3.05, 3.63) is 54.2 Å². The first-order valence-electron chi connectivity index (χ1n) is 7.89. The molecule has 0 aliphatic carbocycles. The van der Waals surface area contributed by atoms with E-state index >= 15 is 0 Å². The Bertz CT molecular complexity index is 806. The number of carbonyl (C=O) groups is 1. The van der Waals surface area contributed by atoms with Gasteiger partial charge in [0.05, 0.1) is 11.2 Å². The zero-order valence-electron chi connectivity index (χ0n) is 14.5. The van der Waals surface area contributed by atoms with E-state index in [2.05, 4.69) is 5.32 Å². The van der Waals surface area contributed by atoms with Crippen LogP contribution in [0.5, 0.6) is 0 Å². The van der Waals surface area contributed by atoms with Crippen LogP contribution in [0.3, 0.4) is 0 Å². The first-order valence-corrected chi connectivity index (χ1v) is 9.44. The Morgan fingerprint density at radius 1 is 1.20 bits per heavy atom. The van der Waals surface area contributed by atoms with Gasteiger partial charge >= 0.3 is 0 Å². The van der Waals surface area contributed by atoms with Gasteiger partial charge in [0.2, 0.25) is 5.91 Å². The molecule has 2 rings (SSSR count). The molecule has 2 aromatic rings. The van der Waals surface area contributed by atoms with Crippen LogP contribution in [0.1, 0.15) is 38.2 Å². The summed E-state index contributed by atoms with van der Waals surface area (Å²) in [4.78, 5) is 12.0. The molecule has 1 amide bonds. The van der Waals surface area contributed by atoms with E-state index in [0.29, 0.717) is 0 Å². The second kappa shape index (κ2) is 7.39. The molecule has 0 unspecified atom stereocenters. The molecule has 5 nitrogen and oxygen atoms in total. The molecule has 0 saturated carbocycles. The SMILES string of the molecule is CC(C)(C)CC(=O)NC[C@H](c1ccco1)S(=O)(=O)c1ccc(F)cc1. The van der Waals surface area contributed by atoms with Gasteiger partial charge in [-0.15, -0.1) is 0 Å². The van der Waals surface area contributed by atoms with Gasteiger partial charge in [-0.2, -0.15) is 0 Å². The van der Waals surface area contributed by atoms with E-state index < -0.39 is 20.9 Å². The van der Waals surface area contributed by atoms with Gasteiger partial charge in [-0.05, 0) is 41.8 Å². The number of halogens is 1. The van der Waals surface area contributed by atoms with E-state index in [-0.39, 0.29) is 34.9 Å². The molecule has 25 heavy (non-hydrogen) atoms. The van der Waals surface area contributed by atoms with E-state index in [4.69, 9.17) is 4.42 Å². The highest BCUT2D eigenvalue weighted by atomic mass is 32.2. The lowest BCUT2D eigenvalue weighted by Gasteiger charge is -2.20. The lowest BCUT2D eigenvalue weighted by atomic mass is 9.92. The normalized spacial score (nSPS) is 13.4. The van der Waals surface area contributed by atoms with E-state index in [1.807, 2.05) is 20.8 Å². The average Bonchev–Trinajstić information content (AvgIpc) is 2.99. The quantitative estimate of drug-likeness (QED) is 0.793. The number of sulfone groups is 1. The Morgan fingerprint density at radius 2 is 1.84 bits per heavy atom. The van der Waals surface area contributed by atoms with E-state index in [9.17, 15) is 17.6 Å². The summed E-state index contributed by atoms with van der Waals surface area (Å²) in [5, 5.41) is 1.58. The number of hydrogen-bond donors (Lipinski definition) is 1. The molecular weight excluding hydrogens is 345 g/mol. The van der Waals surface area contributed by atoms with Crippen LogP contribution in [-0.2, 0) is 14.6 Å². The summed E-state index contributed by atoms with van der Waals surface area (Å²) in [5.41, 5.74) is -0.208. The third-order valence-electron chi connectivity index (χ3n) is 3.55. The van der Waals surface area contributed by atoms with Crippen molar-refractivity contribution >= 4 is 15.7 Å². The Kier molecular flexibility index (Phi) is 5.67. The maximum atomic E-state index is 13.1. The monoisotopic (exact) mass is 367 g/mol. The molecule has 0 aliphatic rings. The third-order valence-corrected chi connectivity index (χ3v) is 5.63. The number of furan rings is 1. The Balaban J connectivity index is 2.25. The minimum absolute atomic E-state index is 0.0274. The lowest BCUT2D eigenvalue weighted by Crippen LogP contribution is -2.33. The second-order valence-electron chi connectivity index (χ2n) is 7.04. The summed E-state index contributed by atoms with van der Waals surface area (Å²) in [6.45, 7) is 5.64. The first-order chi connectivity index (χ1) is 11.6. The van der Waals surface area contributed by atoms with Crippen LogP contribution in [-0.4, -0.2) is 20.9 Å². The summed E-state index contributed by atoms with van der Waals surface area (Å²) in [7, 11) is -3.86. The minimum atomic E-state index is -3.86. The molecule has 0 saturated heterocycles. The molecule has 0 bridgehead atoms. The maximum Gasteiger partial charge on any atom is 0.220 e. The lowest BCUT2D eigenvalue weighted by molar-refractivity contribution is -0.122. The number of hydrogen-bond acceptors (Lipinski definition) is 4. The smallest absolute Gasteiger partial charge is 0.220 e. The fourth-order valence-corrected chi connectivity index (χ4v) is 3.96. The van der Waals surface area contributed by atoms with Crippen molar-refractivity contribution < 1.29 is 22.0 Å². The van der Waals surface area contributed by atoms with E-state index in [1.165, 1.54) is 18.4 Å². The van der Waals surface area contributed by atoms with Crippen molar-refractivity contribution in [3.63, 3.8) is 0 Å². The summed E-state index contributed by atoms with van der Waals surface area (Å²) < 4.78 is 44.2. The molecule has 136 valence electrons. The molecule has 0 spiro atoms. The molecule has 1 aromatic carbocycles. The summed E-state index contributed by atoms with van der Waals surface area (Å²) in [6.07, 6.45) is 1.65. The summed E-state index contributed by atoms with van der Waals surface area (Å²) in [5.74, 6) is -0.536. The number of rotatable bonds is 6. The molecule has 0 aliphatic heterocycles. The molecule has 7 heteroatoms. The third kappa shape index (κ3) is 5.16. The van der Waals surface area contributed by atoms with Crippen molar-refractivity contribution in [3.8, 4) is 0 Å². The van der Waals surface area contributed by atoms with Gasteiger partial charge in [-0.1, -0.05) is 20.8 Å². The first kappa shape index (κ1) is 19.2. The van der Waals surface area contributed by atoms with Crippen LogP contribution >= 0.6 is 0 Å². The van der Waals surface area contributed by atoms with Crippen LogP contribution in [0.2, 0.25) is 0 Å². The molecule has 1 aromatic heterocycles. The van der Waals surface area contributed by atoms with E-state index in [1.54, 1.807) is 12.1 Å². The largest absolute Gasteiger partial charge is 0.468 e. The fraction of sp³-hybridized carbons (Fsp3) is 0.389. The molecule has 1 N–H and O–H groups in total. The van der Waals surface area contributed by atoms with Crippen molar-refractivity contribution in [1.29, 1.82) is 0 Å². The summed E-state index contributed by atoms with van der Waals surface area (Å²) >= 11 is 0. The van der Waals surface area contributed by atoms with Crippen LogP contribution in [0.15, 0.2) is 52.0 Å². The zero-order chi connectivity index (χ0) is 18.7. The van der Waals surface area contributed by atoms with Crippen molar-refractivity contribution in [2.75, 3.05) is 6.54 Å². The topological polar surface area (TPSA) is 76.4 Å². The predicted molar refractivity (Wildman–Crippen MR) is 92.1 cm³/mol. The van der Waals surface area contributed by atoms with E-state index in [0.717, 1.165) is 12.1 Å². The van der Waals surface area contributed by atoms with Gasteiger partial charge in [-0.25, -0.2) is 12.8 Å². The number of nitrogens with one attached hydrogen (secondary N) is 1. The van der Waals surface area contributed by atoms with Crippen molar-refractivity contribution in [1.82, 2.24) is 5.32 Å². The molecule has 1 atom stereocenters. The fourth-order valence-electron chi connectivity index (χ4n) is 2.38. The van der Waals surface area contributed by atoms with Gasteiger partial charge in [0.15, 0.2) is 9.84 Å². The highest BCUT2D eigenvalue weighted by Crippen LogP contribution is 2.29. The highest BCUT2D eigenvalue weighted by molar-refractivity contribution is 7.91.